The number of benzene rings is 4. The van der Waals surface area contributed by atoms with E-state index in [0.29, 0.717) is 40.7 Å². The van der Waals surface area contributed by atoms with Crippen LogP contribution in [0.3, 0.4) is 0 Å². The van der Waals surface area contributed by atoms with E-state index in [9.17, 15) is 17.6 Å². The van der Waals surface area contributed by atoms with Crippen LogP contribution in [0.15, 0.2) is 97.1 Å². The molecule has 1 N–H and O–H groups in total. The molecule has 0 aliphatic heterocycles. The number of carbonyl (C=O) groups is 1. The van der Waals surface area contributed by atoms with Gasteiger partial charge in [0, 0.05) is 11.1 Å². The van der Waals surface area contributed by atoms with E-state index in [1.165, 1.54) is 24.3 Å². The average Bonchev–Trinajstić information content (AvgIpc) is 2.90. The molecule has 0 heterocycles. The van der Waals surface area contributed by atoms with Crippen molar-refractivity contribution < 1.29 is 27.1 Å². The fourth-order valence-corrected chi connectivity index (χ4v) is 4.65. The second kappa shape index (κ2) is 11.8. The topological polar surface area (TPSA) is 84.9 Å². The lowest BCUT2D eigenvalue weighted by atomic mass is 10.1. The van der Waals surface area contributed by atoms with Crippen LogP contribution in [0.4, 0.5) is 15.8 Å². The van der Waals surface area contributed by atoms with E-state index in [-0.39, 0.29) is 12.2 Å². The van der Waals surface area contributed by atoms with Gasteiger partial charge in [0.2, 0.25) is 10.0 Å². The van der Waals surface area contributed by atoms with Crippen molar-refractivity contribution in [3.63, 3.8) is 0 Å². The van der Waals surface area contributed by atoms with E-state index in [1.807, 2.05) is 37.3 Å². The van der Waals surface area contributed by atoms with Crippen LogP contribution < -0.4 is 19.1 Å². The monoisotopic (exact) mass is 534 g/mol. The Morgan fingerprint density at radius 3 is 2.26 bits per heavy atom. The highest BCUT2D eigenvalue weighted by Crippen LogP contribution is 2.31. The van der Waals surface area contributed by atoms with Gasteiger partial charge < -0.3 is 14.8 Å². The zero-order valence-electron chi connectivity index (χ0n) is 20.9. The number of ether oxygens (including phenoxy) is 2. The van der Waals surface area contributed by atoms with Crippen molar-refractivity contribution in [3.8, 4) is 17.2 Å². The predicted octanol–water partition coefficient (Wildman–Crippen LogP) is 6.24. The molecule has 38 heavy (non-hydrogen) atoms. The highest BCUT2D eigenvalue weighted by Gasteiger charge is 2.21. The summed E-state index contributed by atoms with van der Waals surface area (Å²) in [6.07, 6.45) is 1.07. The maximum absolute atomic E-state index is 13.5. The summed E-state index contributed by atoms with van der Waals surface area (Å²) in [7, 11) is -3.74. The second-order valence-corrected chi connectivity index (χ2v) is 10.3. The van der Waals surface area contributed by atoms with Crippen molar-refractivity contribution in [2.75, 3.05) is 22.5 Å². The van der Waals surface area contributed by atoms with Gasteiger partial charge in [-0.15, -0.1) is 0 Å². The van der Waals surface area contributed by atoms with Crippen LogP contribution in [0, 0.1) is 5.82 Å². The number of carbonyl (C=O) groups excluding carboxylic acids is 1. The normalized spacial score (nSPS) is 11.0. The highest BCUT2D eigenvalue weighted by molar-refractivity contribution is 7.92. The molecule has 0 bridgehead atoms. The molecule has 0 atom stereocenters. The van der Waals surface area contributed by atoms with Gasteiger partial charge in [-0.05, 0) is 73.7 Å². The molecule has 4 aromatic carbocycles. The van der Waals surface area contributed by atoms with Gasteiger partial charge in [-0.25, -0.2) is 12.8 Å². The van der Waals surface area contributed by atoms with Crippen LogP contribution in [0.25, 0.3) is 0 Å². The molecule has 0 fully saturated rings. The molecular weight excluding hydrogens is 507 g/mol. The quantitative estimate of drug-likeness (QED) is 0.261. The number of nitrogens with zero attached hydrogens (tertiary/aromatic N) is 1. The third-order valence-electron chi connectivity index (χ3n) is 5.56. The smallest absolute Gasteiger partial charge is 0.255 e. The number of nitrogens with one attached hydrogen (secondary N) is 1. The molecule has 0 radical (unpaired) electrons. The lowest BCUT2D eigenvalue weighted by molar-refractivity contribution is 0.102. The molecule has 7 nitrogen and oxygen atoms in total. The zero-order chi connectivity index (χ0) is 27.1. The highest BCUT2D eigenvalue weighted by atomic mass is 32.2. The fourth-order valence-electron chi connectivity index (χ4n) is 3.77. The summed E-state index contributed by atoms with van der Waals surface area (Å²) in [4.78, 5) is 13.2. The van der Waals surface area contributed by atoms with E-state index < -0.39 is 21.7 Å². The Bertz CT molecular complexity index is 1510. The van der Waals surface area contributed by atoms with Crippen LogP contribution in [0.5, 0.6) is 17.2 Å². The van der Waals surface area contributed by atoms with Gasteiger partial charge in [-0.3, -0.25) is 9.10 Å². The lowest BCUT2D eigenvalue weighted by Gasteiger charge is -2.24. The summed E-state index contributed by atoms with van der Waals surface area (Å²) >= 11 is 0. The molecule has 0 aliphatic carbocycles. The van der Waals surface area contributed by atoms with E-state index in [2.05, 4.69) is 5.32 Å². The molecule has 4 aromatic rings. The van der Waals surface area contributed by atoms with Crippen LogP contribution in [0.1, 0.15) is 22.8 Å². The molecule has 196 valence electrons. The van der Waals surface area contributed by atoms with E-state index in [0.717, 1.165) is 10.6 Å². The lowest BCUT2D eigenvalue weighted by Crippen LogP contribution is -2.29. The second-order valence-electron chi connectivity index (χ2n) is 8.37. The van der Waals surface area contributed by atoms with Crippen LogP contribution >= 0.6 is 0 Å². The Labute approximate surface area is 221 Å². The Morgan fingerprint density at radius 2 is 1.58 bits per heavy atom. The number of rotatable bonds is 10. The summed E-state index contributed by atoms with van der Waals surface area (Å²) < 4.78 is 51.5. The van der Waals surface area contributed by atoms with Gasteiger partial charge in [-0.1, -0.05) is 30.3 Å². The first-order chi connectivity index (χ1) is 18.2. The predicted molar refractivity (Wildman–Crippen MR) is 146 cm³/mol. The van der Waals surface area contributed by atoms with E-state index >= 15 is 0 Å². The van der Waals surface area contributed by atoms with Crippen molar-refractivity contribution in [2.45, 2.75) is 13.5 Å². The number of amides is 1. The minimum absolute atomic E-state index is 0.116. The Kier molecular flexibility index (Phi) is 8.28. The Morgan fingerprint density at radius 1 is 0.895 bits per heavy atom. The summed E-state index contributed by atoms with van der Waals surface area (Å²) in [5.41, 5.74) is 1.53. The van der Waals surface area contributed by atoms with Crippen molar-refractivity contribution in [3.05, 3.63) is 114 Å². The van der Waals surface area contributed by atoms with Gasteiger partial charge in [-0.2, -0.15) is 0 Å². The van der Waals surface area contributed by atoms with Gasteiger partial charge in [0.1, 0.15) is 17.3 Å². The largest absolute Gasteiger partial charge is 0.494 e. The molecule has 0 saturated carbocycles. The molecule has 9 heteroatoms. The first-order valence-corrected chi connectivity index (χ1v) is 13.7. The number of anilines is 2. The number of hydrogen-bond donors (Lipinski definition) is 1. The first-order valence-electron chi connectivity index (χ1n) is 11.9. The van der Waals surface area contributed by atoms with Crippen LogP contribution in [-0.4, -0.2) is 27.2 Å². The van der Waals surface area contributed by atoms with Gasteiger partial charge in [0.15, 0.2) is 5.75 Å². The molecule has 4 rings (SSSR count). The number of para-hydroxylation sites is 3. The van der Waals surface area contributed by atoms with E-state index in [4.69, 9.17) is 9.47 Å². The number of halogens is 1. The third kappa shape index (κ3) is 6.68. The molecule has 0 aliphatic rings. The average molecular weight is 535 g/mol. The number of sulfonamides is 1. The molecule has 0 aromatic heterocycles. The summed E-state index contributed by atoms with van der Waals surface area (Å²) in [6, 6.07) is 26.2. The van der Waals surface area contributed by atoms with Crippen molar-refractivity contribution >= 4 is 27.3 Å². The summed E-state index contributed by atoms with van der Waals surface area (Å²) in [5.74, 6) is 0.642. The minimum Gasteiger partial charge on any atom is -0.494 e. The van der Waals surface area contributed by atoms with Gasteiger partial charge in [0.25, 0.3) is 5.91 Å². The van der Waals surface area contributed by atoms with Gasteiger partial charge in [0.05, 0.1) is 30.8 Å². The Balaban J connectivity index is 1.63. The molecule has 0 unspecified atom stereocenters. The van der Waals surface area contributed by atoms with Gasteiger partial charge >= 0.3 is 0 Å². The third-order valence-corrected chi connectivity index (χ3v) is 6.70. The summed E-state index contributed by atoms with van der Waals surface area (Å²) in [6.45, 7) is 2.04. The standard InChI is InChI=1S/C29H27FN2O5S/c1-3-36-27-18-13-21(19-22(27)20-32(38(2,34)35)24-16-14-23(30)15-17-24)29(33)31-26-11-7-8-12-28(26)37-25-9-5-4-6-10-25/h4-19H,3,20H2,1-2H3,(H,31,33). The maximum Gasteiger partial charge on any atom is 0.255 e. The van der Waals surface area contributed by atoms with Crippen molar-refractivity contribution in [2.24, 2.45) is 0 Å². The summed E-state index contributed by atoms with van der Waals surface area (Å²) in [5, 5.41) is 2.87. The minimum atomic E-state index is -3.74. The molecule has 1 amide bonds. The zero-order valence-corrected chi connectivity index (χ0v) is 21.7. The van der Waals surface area contributed by atoms with E-state index in [1.54, 1.807) is 42.5 Å². The van der Waals surface area contributed by atoms with Crippen molar-refractivity contribution in [1.82, 2.24) is 0 Å². The molecule has 0 spiro atoms. The fraction of sp³-hybridized carbons (Fsp3) is 0.138. The Hall–Kier alpha value is -4.37. The molecule has 0 saturated heterocycles. The van der Waals surface area contributed by atoms with Crippen LogP contribution in [0.2, 0.25) is 0 Å². The molecular formula is C29H27FN2O5S. The first kappa shape index (κ1) is 26.7. The maximum atomic E-state index is 13.5. The van der Waals surface area contributed by atoms with Crippen molar-refractivity contribution in [1.29, 1.82) is 0 Å². The number of hydrogen-bond acceptors (Lipinski definition) is 5. The van der Waals surface area contributed by atoms with Crippen LogP contribution in [-0.2, 0) is 16.6 Å². The SMILES string of the molecule is CCOc1ccc(C(=O)Nc2ccccc2Oc2ccccc2)cc1CN(c1ccc(F)cc1)S(C)(=O)=O.